The Kier molecular flexibility index (Phi) is 7.23. The number of ether oxygens (including phenoxy) is 2. The topological polar surface area (TPSA) is 99.9 Å². The minimum atomic E-state index is -0.615. The third-order valence-corrected chi connectivity index (χ3v) is 4.79. The third-order valence-electron chi connectivity index (χ3n) is 4.79. The predicted octanol–water partition coefficient (Wildman–Crippen LogP) is -0.209. The normalized spacial score (nSPS) is 23.2. The molecule has 1 aromatic heterocycles. The first kappa shape index (κ1) is 20.0. The second-order valence-corrected chi connectivity index (χ2v) is 6.35. The molecule has 1 saturated heterocycles. The monoisotopic (exact) mass is 362 g/mol. The van der Waals surface area contributed by atoms with Crippen LogP contribution in [-0.2, 0) is 29.3 Å². The van der Waals surface area contributed by atoms with Crippen molar-refractivity contribution < 1.29 is 23.9 Å². The first-order valence-corrected chi connectivity index (χ1v) is 8.40. The maximum Gasteiger partial charge on any atom is 0.311 e. The number of ketones is 1. The van der Waals surface area contributed by atoms with E-state index in [1.165, 1.54) is 7.11 Å². The number of carbonyl (C=O) groups is 3. The van der Waals surface area contributed by atoms with Gasteiger partial charge in [-0.25, -0.2) is 5.32 Å². The van der Waals surface area contributed by atoms with E-state index < -0.39 is 11.3 Å². The molecule has 0 spiro atoms. The van der Waals surface area contributed by atoms with Gasteiger partial charge in [0.15, 0.2) is 5.78 Å². The first-order valence-electron chi connectivity index (χ1n) is 8.40. The zero-order valence-corrected chi connectivity index (χ0v) is 15.1. The Morgan fingerprint density at radius 3 is 2.85 bits per heavy atom. The number of pyridine rings is 1. The lowest BCUT2D eigenvalue weighted by atomic mass is 9.68. The van der Waals surface area contributed by atoms with E-state index in [0.29, 0.717) is 32.5 Å². The van der Waals surface area contributed by atoms with Crippen molar-refractivity contribution in [1.82, 2.24) is 15.2 Å². The summed E-state index contributed by atoms with van der Waals surface area (Å²) in [6, 6.07) is 5.59. The number of amides is 1. The van der Waals surface area contributed by atoms with Crippen molar-refractivity contribution in [3.05, 3.63) is 30.1 Å². The lowest BCUT2D eigenvalue weighted by molar-refractivity contribution is -0.153. The molecule has 1 fully saturated rings. The van der Waals surface area contributed by atoms with Crippen molar-refractivity contribution in [1.29, 1.82) is 0 Å². The van der Waals surface area contributed by atoms with Crippen molar-refractivity contribution in [2.24, 2.45) is 5.92 Å². The van der Waals surface area contributed by atoms with Gasteiger partial charge in [-0.15, -0.1) is 0 Å². The number of hydrogen-bond donors (Lipinski definition) is 0. The van der Waals surface area contributed by atoms with E-state index in [-0.39, 0.29) is 24.8 Å². The zero-order valence-electron chi connectivity index (χ0n) is 15.1. The highest BCUT2D eigenvalue weighted by atomic mass is 16.5. The number of methoxy groups -OCH3 is 2. The van der Waals surface area contributed by atoms with Crippen molar-refractivity contribution in [2.45, 2.75) is 11.8 Å². The molecule has 26 heavy (non-hydrogen) atoms. The fourth-order valence-electron chi connectivity index (χ4n) is 3.55. The van der Waals surface area contributed by atoms with E-state index in [2.05, 4.69) is 10.3 Å². The highest BCUT2D eigenvalue weighted by molar-refractivity contribution is 5.84. The number of likely N-dealkylation sites (tertiary alicyclic amines) is 1. The summed E-state index contributed by atoms with van der Waals surface area (Å²) in [5, 5.41) is 3.43. The number of aromatic nitrogens is 1. The molecule has 1 radical (unpaired) electrons. The Morgan fingerprint density at radius 2 is 2.23 bits per heavy atom. The van der Waals surface area contributed by atoms with Crippen LogP contribution in [0.1, 0.15) is 12.1 Å². The summed E-state index contributed by atoms with van der Waals surface area (Å²) in [6.45, 7) is 1.26. The summed E-state index contributed by atoms with van der Waals surface area (Å²) >= 11 is 0. The minimum absolute atomic E-state index is 0.135. The average molecular weight is 362 g/mol. The van der Waals surface area contributed by atoms with E-state index in [1.54, 1.807) is 13.3 Å². The van der Waals surface area contributed by atoms with Gasteiger partial charge in [0, 0.05) is 25.5 Å². The Bertz CT molecular complexity index is 625. The summed E-state index contributed by atoms with van der Waals surface area (Å²) in [7, 11) is 2.95. The van der Waals surface area contributed by atoms with Crippen LogP contribution in [0.15, 0.2) is 24.4 Å². The molecule has 1 aliphatic heterocycles. The van der Waals surface area contributed by atoms with Gasteiger partial charge in [-0.3, -0.25) is 24.3 Å². The quantitative estimate of drug-likeness (QED) is 0.443. The molecule has 0 aromatic carbocycles. The number of piperidine rings is 1. The summed E-state index contributed by atoms with van der Waals surface area (Å²) in [6.07, 6.45) is 2.66. The molecule has 0 N–H and O–H groups in total. The van der Waals surface area contributed by atoms with E-state index in [4.69, 9.17) is 9.47 Å². The molecule has 1 aromatic rings. The fourth-order valence-corrected chi connectivity index (χ4v) is 3.55. The van der Waals surface area contributed by atoms with Gasteiger partial charge in [-0.05, 0) is 25.1 Å². The van der Waals surface area contributed by atoms with Crippen LogP contribution in [0.2, 0.25) is 0 Å². The highest BCUT2D eigenvalue weighted by Gasteiger charge is 2.49. The average Bonchev–Trinajstić information content (AvgIpc) is 2.67. The van der Waals surface area contributed by atoms with Gasteiger partial charge < -0.3 is 9.47 Å². The van der Waals surface area contributed by atoms with Crippen LogP contribution in [0.3, 0.4) is 0 Å². The molecule has 0 aliphatic carbocycles. The van der Waals surface area contributed by atoms with E-state index in [9.17, 15) is 14.4 Å². The van der Waals surface area contributed by atoms with Gasteiger partial charge >= 0.3 is 5.97 Å². The summed E-state index contributed by atoms with van der Waals surface area (Å²) in [5.41, 5.74) is 0.162. The molecule has 8 heteroatoms. The number of esters is 1. The molecule has 0 saturated carbocycles. The molecule has 2 atom stereocenters. The molecule has 141 valence electrons. The van der Waals surface area contributed by atoms with E-state index in [0.717, 1.165) is 5.69 Å². The largest absolute Gasteiger partial charge is 0.469 e. The lowest BCUT2D eigenvalue weighted by Crippen LogP contribution is -2.56. The number of carbonyl (C=O) groups excluding carboxylic acids is 3. The maximum absolute atomic E-state index is 12.6. The van der Waals surface area contributed by atoms with Crippen LogP contribution in [0.5, 0.6) is 0 Å². The van der Waals surface area contributed by atoms with Gasteiger partial charge in [-0.2, -0.15) is 0 Å². The van der Waals surface area contributed by atoms with Crippen LogP contribution < -0.4 is 5.32 Å². The van der Waals surface area contributed by atoms with Crippen LogP contribution in [-0.4, -0.2) is 75.1 Å². The predicted molar refractivity (Wildman–Crippen MR) is 92.4 cm³/mol. The molecule has 8 nitrogen and oxygen atoms in total. The smallest absolute Gasteiger partial charge is 0.311 e. The van der Waals surface area contributed by atoms with Gasteiger partial charge in [0.1, 0.15) is 6.54 Å². The zero-order chi connectivity index (χ0) is 19.0. The van der Waals surface area contributed by atoms with Crippen molar-refractivity contribution in [3.8, 4) is 0 Å². The van der Waals surface area contributed by atoms with Gasteiger partial charge in [0.25, 0.3) is 0 Å². The Hall–Kier alpha value is -2.32. The highest BCUT2D eigenvalue weighted by Crippen LogP contribution is 2.40. The standard InChI is InChI=1S/C18H24N3O5/c1-25-12-18(16-5-3-4-7-20-16)6-8-21(10-14(23)9-19-13-22)11-15(18)17(24)26-2/h3-5,7,13,15H,6,8-12H2,1-2H3. The molecule has 1 aliphatic rings. The summed E-state index contributed by atoms with van der Waals surface area (Å²) < 4.78 is 10.5. The summed E-state index contributed by atoms with van der Waals surface area (Å²) in [4.78, 5) is 41.1. The van der Waals surface area contributed by atoms with Gasteiger partial charge in [0.2, 0.25) is 6.41 Å². The van der Waals surface area contributed by atoms with E-state index in [1.807, 2.05) is 23.1 Å². The Balaban J connectivity index is 2.25. The number of nitrogens with zero attached hydrogens (tertiary/aromatic N) is 3. The van der Waals surface area contributed by atoms with E-state index >= 15 is 0 Å². The van der Waals surface area contributed by atoms with Crippen molar-refractivity contribution in [3.63, 3.8) is 0 Å². The molecule has 2 rings (SSSR count). The Morgan fingerprint density at radius 1 is 1.42 bits per heavy atom. The second kappa shape index (κ2) is 9.40. The number of Topliss-reactive ketones (excluding diaryl/α,β-unsaturated/α-hetero) is 1. The van der Waals surface area contributed by atoms with Crippen LogP contribution in [0.25, 0.3) is 0 Å². The number of rotatable bonds is 9. The molecular weight excluding hydrogens is 338 g/mol. The molecule has 2 heterocycles. The molecule has 2 unspecified atom stereocenters. The van der Waals surface area contributed by atoms with Crippen LogP contribution in [0, 0.1) is 5.92 Å². The SMILES string of the molecule is COCC1(c2ccccn2)CCN(CC(=O)C[N]C=O)CC1C(=O)OC. The molecule has 0 bridgehead atoms. The maximum atomic E-state index is 12.6. The Labute approximate surface area is 152 Å². The third kappa shape index (κ3) is 4.44. The second-order valence-electron chi connectivity index (χ2n) is 6.35. The van der Waals surface area contributed by atoms with Gasteiger partial charge in [0.05, 0.1) is 31.6 Å². The van der Waals surface area contributed by atoms with Crippen LogP contribution >= 0.6 is 0 Å². The van der Waals surface area contributed by atoms with Crippen molar-refractivity contribution in [2.75, 3.05) is 47.0 Å². The molecule has 1 amide bonds. The first-order chi connectivity index (χ1) is 12.6. The van der Waals surface area contributed by atoms with Crippen LogP contribution in [0.4, 0.5) is 0 Å². The lowest BCUT2D eigenvalue weighted by Gasteiger charge is -2.45. The molecular formula is C18H24N3O5. The fraction of sp³-hybridized carbons (Fsp3) is 0.556. The minimum Gasteiger partial charge on any atom is -0.469 e. The van der Waals surface area contributed by atoms with Gasteiger partial charge in [-0.1, -0.05) is 6.07 Å². The number of hydrogen-bond acceptors (Lipinski definition) is 7. The van der Waals surface area contributed by atoms with Crippen molar-refractivity contribution >= 4 is 18.2 Å². The summed E-state index contributed by atoms with van der Waals surface area (Å²) in [5.74, 6) is -1.05.